The number of aliphatic imine (C=N–C) groups is 1. The van der Waals surface area contributed by atoms with Gasteiger partial charge in [0, 0.05) is 52.5 Å². The van der Waals surface area contributed by atoms with E-state index in [0.717, 1.165) is 76.4 Å². The predicted molar refractivity (Wildman–Crippen MR) is 137 cm³/mol. The Morgan fingerprint density at radius 3 is 2.55 bits per heavy atom. The molecule has 1 amide bonds. The number of halogens is 1. The maximum absolute atomic E-state index is 12.8. The van der Waals surface area contributed by atoms with Crippen LogP contribution in [0.1, 0.15) is 51.1 Å². The van der Waals surface area contributed by atoms with Crippen LogP contribution in [0, 0.1) is 5.41 Å². The second-order valence-electron chi connectivity index (χ2n) is 8.90. The van der Waals surface area contributed by atoms with Crippen LogP contribution in [0.15, 0.2) is 29.4 Å². The number of carbonyl (C=O) groups is 1. The molecule has 0 radical (unpaired) electrons. The van der Waals surface area contributed by atoms with Crippen molar-refractivity contribution in [3.63, 3.8) is 0 Å². The summed E-state index contributed by atoms with van der Waals surface area (Å²) in [6, 6.07) is 6.51. The molecular weight excluding hydrogens is 503 g/mol. The average molecular weight is 543 g/mol. The van der Waals surface area contributed by atoms with Crippen LogP contribution in [-0.2, 0) is 11.3 Å². The number of aromatic nitrogens is 1. The fraction of sp³-hybridized carbons (Fsp3) is 0.696. The largest absolute Gasteiger partial charge is 0.357 e. The topological polar surface area (TPSA) is 72.9 Å². The first-order chi connectivity index (χ1) is 14.5. The second-order valence-corrected chi connectivity index (χ2v) is 8.90. The number of nitrogens with zero attached hydrogens (tertiary/aromatic N) is 4. The molecule has 31 heavy (non-hydrogen) atoms. The van der Waals surface area contributed by atoms with Gasteiger partial charge >= 0.3 is 0 Å². The van der Waals surface area contributed by atoms with E-state index in [2.05, 4.69) is 33.5 Å². The molecule has 2 fully saturated rings. The van der Waals surface area contributed by atoms with Gasteiger partial charge in [-0.25, -0.2) is 0 Å². The number of pyridine rings is 1. The molecular formula is C23H39IN6O. The van der Waals surface area contributed by atoms with Crippen molar-refractivity contribution in [2.75, 3.05) is 40.3 Å². The summed E-state index contributed by atoms with van der Waals surface area (Å²) in [6.07, 6.45) is 8.15. The zero-order valence-electron chi connectivity index (χ0n) is 19.3. The van der Waals surface area contributed by atoms with Gasteiger partial charge in [-0.05, 0) is 44.7 Å². The highest BCUT2D eigenvalue weighted by Gasteiger charge is 2.42. The van der Waals surface area contributed by atoms with E-state index in [1.165, 1.54) is 0 Å². The molecule has 1 saturated carbocycles. The highest BCUT2D eigenvalue weighted by molar-refractivity contribution is 14.0. The minimum atomic E-state index is -0.322. The van der Waals surface area contributed by atoms with Gasteiger partial charge in [0.15, 0.2) is 5.96 Å². The molecule has 2 heterocycles. The van der Waals surface area contributed by atoms with Gasteiger partial charge in [-0.3, -0.25) is 19.7 Å². The summed E-state index contributed by atoms with van der Waals surface area (Å²) >= 11 is 0. The van der Waals surface area contributed by atoms with E-state index < -0.39 is 0 Å². The molecule has 1 aromatic heterocycles. The van der Waals surface area contributed by atoms with Gasteiger partial charge in [-0.1, -0.05) is 18.9 Å². The molecule has 0 aromatic carbocycles. The van der Waals surface area contributed by atoms with Crippen LogP contribution in [-0.4, -0.2) is 73.0 Å². The molecule has 174 valence electrons. The Kier molecular flexibility index (Phi) is 10.5. The third kappa shape index (κ3) is 7.30. The molecule has 1 aliphatic heterocycles. The second kappa shape index (κ2) is 12.6. The fourth-order valence-corrected chi connectivity index (χ4v) is 4.67. The van der Waals surface area contributed by atoms with Gasteiger partial charge in [-0.15, -0.1) is 24.0 Å². The van der Waals surface area contributed by atoms with Crippen molar-refractivity contribution in [3.05, 3.63) is 30.1 Å². The summed E-state index contributed by atoms with van der Waals surface area (Å²) in [7, 11) is 3.71. The first kappa shape index (κ1) is 25.8. The van der Waals surface area contributed by atoms with E-state index in [9.17, 15) is 4.79 Å². The lowest BCUT2D eigenvalue weighted by Gasteiger charge is -2.33. The highest BCUT2D eigenvalue weighted by atomic mass is 127. The van der Waals surface area contributed by atoms with Crippen LogP contribution in [0.2, 0.25) is 0 Å². The monoisotopic (exact) mass is 542 g/mol. The number of hydrogen-bond acceptors (Lipinski definition) is 4. The lowest BCUT2D eigenvalue weighted by Crippen LogP contribution is -2.49. The summed E-state index contributed by atoms with van der Waals surface area (Å²) in [6.45, 7) is 6.49. The van der Waals surface area contributed by atoms with Crippen LogP contribution in [0.3, 0.4) is 0 Å². The smallest absolute Gasteiger partial charge is 0.230 e. The minimum Gasteiger partial charge on any atom is -0.357 e. The van der Waals surface area contributed by atoms with Crippen molar-refractivity contribution in [2.45, 2.75) is 58.0 Å². The molecule has 0 spiro atoms. The van der Waals surface area contributed by atoms with Crippen molar-refractivity contribution in [1.29, 1.82) is 0 Å². The highest BCUT2D eigenvalue weighted by Crippen LogP contribution is 2.39. The molecule has 8 heteroatoms. The normalized spacial score (nSPS) is 19.5. The first-order valence-electron chi connectivity index (χ1n) is 11.4. The van der Waals surface area contributed by atoms with E-state index in [0.29, 0.717) is 12.6 Å². The Morgan fingerprint density at radius 1 is 1.26 bits per heavy atom. The Labute approximate surface area is 204 Å². The van der Waals surface area contributed by atoms with E-state index in [1.807, 2.05) is 32.4 Å². The van der Waals surface area contributed by atoms with Crippen LogP contribution in [0.25, 0.3) is 0 Å². The number of rotatable bonds is 7. The van der Waals surface area contributed by atoms with Crippen molar-refractivity contribution in [3.8, 4) is 0 Å². The SMILES string of the molecule is CCNC(=NCC1(C(=O)N(C)C)CCCC1)NC1CCN(Cc2ccccn2)CC1.I. The maximum Gasteiger partial charge on any atom is 0.230 e. The Hall–Kier alpha value is -1.42. The Morgan fingerprint density at radius 2 is 1.97 bits per heavy atom. The zero-order chi connectivity index (χ0) is 21.4. The molecule has 0 atom stereocenters. The van der Waals surface area contributed by atoms with Crippen LogP contribution in [0.5, 0.6) is 0 Å². The van der Waals surface area contributed by atoms with E-state index >= 15 is 0 Å². The number of likely N-dealkylation sites (tertiary alicyclic amines) is 1. The molecule has 1 aromatic rings. The van der Waals surface area contributed by atoms with Crippen LogP contribution in [0.4, 0.5) is 0 Å². The first-order valence-corrected chi connectivity index (χ1v) is 11.4. The lowest BCUT2D eigenvalue weighted by atomic mass is 9.85. The van der Waals surface area contributed by atoms with Crippen molar-refractivity contribution >= 4 is 35.8 Å². The van der Waals surface area contributed by atoms with Crippen molar-refractivity contribution in [2.24, 2.45) is 10.4 Å². The molecule has 3 rings (SSSR count). The quantitative estimate of drug-likeness (QED) is 0.315. The summed E-state index contributed by atoms with van der Waals surface area (Å²) in [5, 5.41) is 7.00. The molecule has 0 bridgehead atoms. The minimum absolute atomic E-state index is 0. The third-order valence-corrected chi connectivity index (χ3v) is 6.34. The van der Waals surface area contributed by atoms with Gasteiger partial charge < -0.3 is 15.5 Å². The van der Waals surface area contributed by atoms with Crippen LogP contribution < -0.4 is 10.6 Å². The third-order valence-electron chi connectivity index (χ3n) is 6.34. The average Bonchev–Trinajstić information content (AvgIpc) is 3.24. The number of amides is 1. The van der Waals surface area contributed by atoms with Gasteiger partial charge in [0.1, 0.15) is 0 Å². The van der Waals surface area contributed by atoms with E-state index in [1.54, 1.807) is 4.90 Å². The van der Waals surface area contributed by atoms with Gasteiger partial charge in [-0.2, -0.15) is 0 Å². The summed E-state index contributed by atoms with van der Waals surface area (Å²) in [4.78, 5) is 26.3. The molecule has 7 nitrogen and oxygen atoms in total. The number of piperidine rings is 1. The Balaban J connectivity index is 0.00000341. The zero-order valence-corrected chi connectivity index (χ0v) is 21.6. The van der Waals surface area contributed by atoms with Gasteiger partial charge in [0.05, 0.1) is 17.7 Å². The number of guanidine groups is 1. The molecule has 1 aliphatic carbocycles. The summed E-state index contributed by atoms with van der Waals surface area (Å²) in [5.41, 5.74) is 0.809. The predicted octanol–water partition coefficient (Wildman–Crippen LogP) is 2.87. The molecule has 1 saturated heterocycles. The molecule has 2 aliphatic rings. The standard InChI is InChI=1S/C23H38N6O.HI/c1-4-24-22(26-18-23(12-6-7-13-23)21(30)28(2)3)27-19-10-15-29(16-11-19)17-20-9-5-8-14-25-20;/h5,8-9,14,19H,4,6-7,10-13,15-18H2,1-3H3,(H2,24,26,27);1H. The lowest BCUT2D eigenvalue weighted by molar-refractivity contribution is -0.138. The number of carbonyl (C=O) groups excluding carboxylic acids is 1. The molecule has 2 N–H and O–H groups in total. The van der Waals surface area contributed by atoms with Crippen molar-refractivity contribution in [1.82, 2.24) is 25.4 Å². The van der Waals surface area contributed by atoms with Crippen molar-refractivity contribution < 1.29 is 4.79 Å². The summed E-state index contributed by atoms with van der Waals surface area (Å²) in [5.74, 6) is 1.07. The Bertz CT molecular complexity index is 697. The number of nitrogens with one attached hydrogen (secondary N) is 2. The van der Waals surface area contributed by atoms with Gasteiger partial charge in [0.2, 0.25) is 5.91 Å². The maximum atomic E-state index is 12.8. The summed E-state index contributed by atoms with van der Waals surface area (Å²) < 4.78 is 0. The fourth-order valence-electron chi connectivity index (χ4n) is 4.67. The van der Waals surface area contributed by atoms with E-state index in [4.69, 9.17) is 4.99 Å². The number of hydrogen-bond donors (Lipinski definition) is 2. The van der Waals surface area contributed by atoms with E-state index in [-0.39, 0.29) is 35.3 Å². The van der Waals surface area contributed by atoms with Crippen LogP contribution >= 0.6 is 24.0 Å². The molecule has 0 unspecified atom stereocenters. The van der Waals surface area contributed by atoms with Gasteiger partial charge in [0.25, 0.3) is 0 Å².